The third-order valence-electron chi connectivity index (χ3n) is 5.72. The van der Waals surface area contributed by atoms with Gasteiger partial charge in [0.25, 0.3) is 11.5 Å². The maximum absolute atomic E-state index is 12.5. The van der Waals surface area contributed by atoms with E-state index in [1.807, 2.05) is 13.0 Å². The summed E-state index contributed by atoms with van der Waals surface area (Å²) in [4.78, 5) is 27.2. The van der Waals surface area contributed by atoms with Gasteiger partial charge in [0.2, 0.25) is 0 Å². The van der Waals surface area contributed by atoms with Crippen LogP contribution in [0.5, 0.6) is 0 Å². The zero-order valence-corrected chi connectivity index (χ0v) is 18.8. The Morgan fingerprint density at radius 1 is 1.20 bits per heavy atom. The SMILES string of the molecule is Cc1cc(C(=O)NCC2CCCCN2CCn2nc(C(C)(C)C)ccc2=O)n(C)n1. The van der Waals surface area contributed by atoms with Crippen LogP contribution >= 0.6 is 0 Å². The number of carbonyl (C=O) groups excluding carboxylic acids is 1. The number of hydrogen-bond donors (Lipinski definition) is 1. The van der Waals surface area contributed by atoms with Gasteiger partial charge in [-0.1, -0.05) is 27.2 Å². The van der Waals surface area contributed by atoms with Gasteiger partial charge in [-0.25, -0.2) is 4.68 Å². The normalized spacial score (nSPS) is 17.8. The van der Waals surface area contributed by atoms with Gasteiger partial charge in [0, 0.05) is 37.7 Å². The average molecular weight is 415 g/mol. The van der Waals surface area contributed by atoms with E-state index in [-0.39, 0.29) is 22.9 Å². The van der Waals surface area contributed by atoms with E-state index in [2.05, 4.69) is 41.2 Å². The Hall–Kier alpha value is -2.48. The Kier molecular flexibility index (Phi) is 6.75. The van der Waals surface area contributed by atoms with Crippen molar-refractivity contribution in [2.75, 3.05) is 19.6 Å². The number of piperidine rings is 1. The van der Waals surface area contributed by atoms with Gasteiger partial charge in [-0.3, -0.25) is 19.2 Å². The van der Waals surface area contributed by atoms with Crippen LogP contribution in [-0.2, 0) is 19.0 Å². The molecule has 0 bridgehead atoms. The third kappa shape index (κ3) is 5.36. The highest BCUT2D eigenvalue weighted by molar-refractivity contribution is 5.92. The zero-order chi connectivity index (χ0) is 21.9. The number of likely N-dealkylation sites (tertiary alicyclic amines) is 1. The van der Waals surface area contributed by atoms with Crippen molar-refractivity contribution >= 4 is 5.91 Å². The summed E-state index contributed by atoms with van der Waals surface area (Å²) in [5.74, 6) is -0.0978. The first-order valence-electron chi connectivity index (χ1n) is 10.8. The highest BCUT2D eigenvalue weighted by Crippen LogP contribution is 2.19. The lowest BCUT2D eigenvalue weighted by Gasteiger charge is -2.35. The van der Waals surface area contributed by atoms with Crippen LogP contribution in [0.15, 0.2) is 23.0 Å². The van der Waals surface area contributed by atoms with Gasteiger partial charge in [-0.2, -0.15) is 10.2 Å². The lowest BCUT2D eigenvalue weighted by Crippen LogP contribution is -2.48. The quantitative estimate of drug-likeness (QED) is 0.780. The summed E-state index contributed by atoms with van der Waals surface area (Å²) in [6.45, 7) is 11.0. The highest BCUT2D eigenvalue weighted by atomic mass is 16.2. The molecule has 8 nitrogen and oxygen atoms in total. The number of nitrogens with one attached hydrogen (secondary N) is 1. The van der Waals surface area contributed by atoms with E-state index in [4.69, 9.17) is 0 Å². The van der Waals surface area contributed by atoms with E-state index in [0.717, 1.165) is 43.7 Å². The molecule has 1 unspecified atom stereocenters. The summed E-state index contributed by atoms with van der Waals surface area (Å²) in [5.41, 5.74) is 2.15. The number of nitrogens with zero attached hydrogens (tertiary/aromatic N) is 5. The second-order valence-electron chi connectivity index (χ2n) is 9.22. The molecule has 1 aliphatic rings. The molecule has 8 heteroatoms. The fraction of sp³-hybridized carbons (Fsp3) is 0.636. The van der Waals surface area contributed by atoms with E-state index < -0.39 is 0 Å². The molecule has 0 radical (unpaired) electrons. The van der Waals surface area contributed by atoms with Crippen LogP contribution in [0.4, 0.5) is 0 Å². The van der Waals surface area contributed by atoms with Crippen molar-refractivity contribution < 1.29 is 4.79 Å². The Bertz CT molecular complexity index is 940. The molecule has 1 N–H and O–H groups in total. The number of hydrogen-bond acceptors (Lipinski definition) is 5. The molecule has 3 heterocycles. The van der Waals surface area contributed by atoms with Gasteiger partial charge in [0.1, 0.15) is 5.69 Å². The molecule has 1 fully saturated rings. The highest BCUT2D eigenvalue weighted by Gasteiger charge is 2.24. The van der Waals surface area contributed by atoms with Gasteiger partial charge in [0.05, 0.1) is 17.9 Å². The van der Waals surface area contributed by atoms with Crippen LogP contribution in [0.25, 0.3) is 0 Å². The first-order chi connectivity index (χ1) is 14.1. The molecule has 0 aromatic carbocycles. The molecular weight excluding hydrogens is 380 g/mol. The topological polar surface area (TPSA) is 85.0 Å². The minimum atomic E-state index is -0.0997. The van der Waals surface area contributed by atoms with Crippen molar-refractivity contribution in [1.82, 2.24) is 29.8 Å². The monoisotopic (exact) mass is 414 g/mol. The summed E-state index contributed by atoms with van der Waals surface area (Å²) in [7, 11) is 1.78. The maximum Gasteiger partial charge on any atom is 0.269 e. The fourth-order valence-corrected chi connectivity index (χ4v) is 3.94. The van der Waals surface area contributed by atoms with Gasteiger partial charge in [0.15, 0.2) is 0 Å². The molecule has 1 aliphatic heterocycles. The summed E-state index contributed by atoms with van der Waals surface area (Å²) >= 11 is 0. The molecule has 30 heavy (non-hydrogen) atoms. The van der Waals surface area contributed by atoms with E-state index >= 15 is 0 Å². The molecule has 2 aromatic rings. The predicted octanol–water partition coefficient (Wildman–Crippen LogP) is 1.87. The molecule has 0 spiro atoms. The standard InChI is InChI=1S/C22H34N6O2/c1-16-14-18(26(5)24-16)21(30)23-15-17-8-6-7-11-27(17)12-13-28-20(29)10-9-19(25-28)22(2,3)4/h9-10,14,17H,6-8,11-13,15H2,1-5H3,(H,23,30). The van der Waals surface area contributed by atoms with E-state index in [1.54, 1.807) is 28.5 Å². The minimum absolute atomic E-state index is 0.0727. The second kappa shape index (κ2) is 9.12. The Labute approximate surface area is 178 Å². The number of carbonyl (C=O) groups is 1. The molecule has 0 aliphatic carbocycles. The van der Waals surface area contributed by atoms with Crippen molar-refractivity contribution in [3.8, 4) is 0 Å². The van der Waals surface area contributed by atoms with Gasteiger partial charge in [-0.15, -0.1) is 0 Å². The Balaban J connectivity index is 1.62. The first-order valence-corrected chi connectivity index (χ1v) is 10.8. The molecule has 2 aromatic heterocycles. The van der Waals surface area contributed by atoms with Gasteiger partial charge >= 0.3 is 0 Å². The zero-order valence-electron chi connectivity index (χ0n) is 18.8. The van der Waals surface area contributed by atoms with Crippen LogP contribution in [0.1, 0.15) is 61.9 Å². The molecular formula is C22H34N6O2. The van der Waals surface area contributed by atoms with Crippen LogP contribution in [0.3, 0.4) is 0 Å². The van der Waals surface area contributed by atoms with Crippen LogP contribution in [0, 0.1) is 6.92 Å². The number of amides is 1. The number of aryl methyl sites for hydroxylation is 2. The second-order valence-corrected chi connectivity index (χ2v) is 9.22. The smallest absolute Gasteiger partial charge is 0.269 e. The van der Waals surface area contributed by atoms with Gasteiger partial charge in [-0.05, 0) is 38.4 Å². The maximum atomic E-state index is 12.5. The first kappa shape index (κ1) is 22.2. The van der Waals surface area contributed by atoms with E-state index in [0.29, 0.717) is 18.8 Å². The van der Waals surface area contributed by atoms with Crippen molar-refractivity contribution in [3.05, 3.63) is 45.6 Å². The molecule has 0 saturated carbocycles. The lowest BCUT2D eigenvalue weighted by atomic mass is 9.92. The Morgan fingerprint density at radius 2 is 1.97 bits per heavy atom. The molecule has 1 amide bonds. The number of aromatic nitrogens is 4. The van der Waals surface area contributed by atoms with Crippen LogP contribution < -0.4 is 10.9 Å². The predicted molar refractivity (Wildman–Crippen MR) is 117 cm³/mol. The lowest BCUT2D eigenvalue weighted by molar-refractivity contribution is 0.0900. The molecule has 1 atom stereocenters. The van der Waals surface area contributed by atoms with Crippen LogP contribution in [-0.4, -0.2) is 56.0 Å². The Morgan fingerprint density at radius 3 is 2.63 bits per heavy atom. The molecule has 3 rings (SSSR count). The van der Waals surface area contributed by atoms with E-state index in [1.165, 1.54) is 0 Å². The average Bonchev–Trinajstić information content (AvgIpc) is 3.03. The number of rotatable bonds is 6. The third-order valence-corrected chi connectivity index (χ3v) is 5.72. The van der Waals surface area contributed by atoms with E-state index in [9.17, 15) is 9.59 Å². The molecule has 1 saturated heterocycles. The van der Waals surface area contributed by atoms with Crippen molar-refractivity contribution in [2.45, 2.75) is 65.0 Å². The van der Waals surface area contributed by atoms with Gasteiger partial charge < -0.3 is 5.32 Å². The van der Waals surface area contributed by atoms with Crippen molar-refractivity contribution in [1.29, 1.82) is 0 Å². The van der Waals surface area contributed by atoms with Crippen molar-refractivity contribution in [2.24, 2.45) is 7.05 Å². The van der Waals surface area contributed by atoms with Crippen LogP contribution in [0.2, 0.25) is 0 Å². The summed E-state index contributed by atoms with van der Waals surface area (Å²) in [6, 6.07) is 5.49. The minimum Gasteiger partial charge on any atom is -0.349 e. The summed E-state index contributed by atoms with van der Waals surface area (Å²) in [6.07, 6.45) is 3.32. The van der Waals surface area contributed by atoms with Crippen molar-refractivity contribution in [3.63, 3.8) is 0 Å². The largest absolute Gasteiger partial charge is 0.349 e. The molecule has 164 valence electrons. The summed E-state index contributed by atoms with van der Waals surface area (Å²) in [5, 5.41) is 11.9. The fourth-order valence-electron chi connectivity index (χ4n) is 3.94. The summed E-state index contributed by atoms with van der Waals surface area (Å²) < 4.78 is 3.19.